The number of aromatic amines is 1. The van der Waals surface area contributed by atoms with Crippen LogP contribution in [-0.2, 0) is 0 Å². The molecule has 1 aliphatic carbocycles. The molecule has 2 unspecified atom stereocenters. The van der Waals surface area contributed by atoms with E-state index in [1.54, 1.807) is 0 Å². The van der Waals surface area contributed by atoms with Crippen LogP contribution >= 0.6 is 0 Å². The third kappa shape index (κ3) is 4.20. The predicted molar refractivity (Wildman–Crippen MR) is 123 cm³/mol. The van der Waals surface area contributed by atoms with E-state index in [0.717, 1.165) is 43.5 Å². The van der Waals surface area contributed by atoms with Gasteiger partial charge in [-0.05, 0) is 68.1 Å². The van der Waals surface area contributed by atoms with Crippen LogP contribution in [0.3, 0.4) is 0 Å². The Morgan fingerprint density at radius 1 is 1.25 bits per heavy atom. The van der Waals surface area contributed by atoms with Crippen molar-refractivity contribution < 1.29 is 4.79 Å². The summed E-state index contributed by atoms with van der Waals surface area (Å²) >= 11 is 0. The van der Waals surface area contributed by atoms with Gasteiger partial charge in [-0.15, -0.1) is 0 Å². The van der Waals surface area contributed by atoms with Gasteiger partial charge in [-0.3, -0.25) is 9.78 Å². The molecule has 2 bridgehead atoms. The molecule has 5 rings (SSSR count). The molecule has 7 nitrogen and oxygen atoms in total. The van der Waals surface area contributed by atoms with Crippen LogP contribution in [0.4, 0.5) is 5.69 Å². The lowest BCUT2D eigenvalue weighted by molar-refractivity contribution is 0.101. The van der Waals surface area contributed by atoms with Crippen molar-refractivity contribution in [1.29, 1.82) is 5.26 Å². The number of aromatic nitrogens is 3. The van der Waals surface area contributed by atoms with Gasteiger partial charge in [0.1, 0.15) is 11.8 Å². The number of carbonyl (C=O) groups is 1. The summed E-state index contributed by atoms with van der Waals surface area (Å²) in [5.74, 6) is 0.227. The number of amides is 1. The first-order chi connectivity index (χ1) is 15.4. The fourth-order valence-corrected chi connectivity index (χ4v) is 5.31. The second-order valence-corrected chi connectivity index (χ2v) is 10.2. The van der Waals surface area contributed by atoms with Gasteiger partial charge < -0.3 is 15.6 Å². The molecule has 32 heavy (non-hydrogen) atoms. The summed E-state index contributed by atoms with van der Waals surface area (Å²) in [7, 11) is 0. The number of imidazole rings is 1. The molecular formula is C25H30N6O. The van der Waals surface area contributed by atoms with E-state index in [4.69, 9.17) is 10.2 Å². The highest BCUT2D eigenvalue weighted by Crippen LogP contribution is 2.41. The first-order valence-corrected chi connectivity index (χ1v) is 11.6. The second kappa shape index (κ2) is 8.18. The highest BCUT2D eigenvalue weighted by Gasteiger charge is 2.35. The van der Waals surface area contributed by atoms with E-state index in [1.807, 2.05) is 12.1 Å². The topological polar surface area (TPSA) is 106 Å². The number of nitrogens with zero attached hydrogens (tertiary/aromatic N) is 3. The van der Waals surface area contributed by atoms with E-state index in [2.05, 4.69) is 46.6 Å². The molecule has 2 atom stereocenters. The summed E-state index contributed by atoms with van der Waals surface area (Å²) in [4.78, 5) is 24.7. The molecule has 0 spiro atoms. The highest BCUT2D eigenvalue weighted by atomic mass is 16.2. The Bertz CT molecular complexity index is 1100. The zero-order chi connectivity index (χ0) is 22.3. The maximum absolute atomic E-state index is 12.8. The predicted octanol–water partition coefficient (Wildman–Crippen LogP) is 4.52. The van der Waals surface area contributed by atoms with Crippen molar-refractivity contribution in [1.82, 2.24) is 20.3 Å². The van der Waals surface area contributed by atoms with Gasteiger partial charge in [0.2, 0.25) is 0 Å². The van der Waals surface area contributed by atoms with E-state index >= 15 is 0 Å². The molecule has 1 amide bonds. The molecule has 2 fully saturated rings. The summed E-state index contributed by atoms with van der Waals surface area (Å²) in [6.07, 6.45) is 11.5. The molecule has 0 aromatic carbocycles. The lowest BCUT2D eigenvalue weighted by Crippen LogP contribution is -2.37. The number of piperidine rings is 1. The van der Waals surface area contributed by atoms with Crippen molar-refractivity contribution in [3.8, 4) is 6.07 Å². The van der Waals surface area contributed by atoms with Crippen LogP contribution in [0.25, 0.3) is 5.57 Å². The van der Waals surface area contributed by atoms with Crippen LogP contribution < -0.4 is 10.6 Å². The van der Waals surface area contributed by atoms with Crippen LogP contribution in [0.1, 0.15) is 92.4 Å². The average Bonchev–Trinajstić information content (AvgIpc) is 3.40. The van der Waals surface area contributed by atoms with E-state index in [0.29, 0.717) is 29.1 Å². The Morgan fingerprint density at radius 2 is 2.03 bits per heavy atom. The number of anilines is 1. The molecule has 166 valence electrons. The summed E-state index contributed by atoms with van der Waals surface area (Å²) in [5.41, 5.74) is 4.48. The SMILES string of the molecule is CC1(C)CC=C(c2nc(C3CC4CCC(C3)N4)ccc2NC(=O)c2ncc(C#N)[nH]2)CC1. The molecule has 3 N–H and O–H groups in total. The Labute approximate surface area is 188 Å². The van der Waals surface area contributed by atoms with Crippen molar-refractivity contribution in [2.75, 3.05) is 5.32 Å². The molecule has 7 heteroatoms. The summed E-state index contributed by atoms with van der Waals surface area (Å²) in [5, 5.41) is 15.7. The standard InChI is InChI=1S/C25H30N6O/c1-25(2)9-7-15(8-10-25)22-21(31-24(32)23-27-14-19(13-26)29-23)6-5-20(30-22)16-11-17-3-4-18(12-16)28-17/h5-7,14,16-18,28H,3-4,8-12H2,1-2H3,(H,27,29)(H,31,32). The van der Waals surface area contributed by atoms with Gasteiger partial charge in [0, 0.05) is 23.7 Å². The number of hydrogen-bond donors (Lipinski definition) is 3. The Hall–Kier alpha value is -2.98. The lowest BCUT2D eigenvalue weighted by Gasteiger charge is -2.31. The normalized spacial score (nSPS) is 26.3. The van der Waals surface area contributed by atoms with Crippen molar-refractivity contribution in [3.63, 3.8) is 0 Å². The molecule has 0 saturated carbocycles. The van der Waals surface area contributed by atoms with Crippen LogP contribution in [0.5, 0.6) is 0 Å². The maximum atomic E-state index is 12.8. The smallest absolute Gasteiger partial charge is 0.291 e. The minimum atomic E-state index is -0.362. The Balaban J connectivity index is 1.46. The fraction of sp³-hybridized carbons (Fsp3) is 0.520. The Kier molecular flexibility index (Phi) is 5.34. The number of fused-ring (bicyclic) bond motifs is 2. The zero-order valence-corrected chi connectivity index (χ0v) is 18.7. The minimum Gasteiger partial charge on any atom is -0.326 e. The maximum Gasteiger partial charge on any atom is 0.291 e. The van der Waals surface area contributed by atoms with Crippen LogP contribution in [0.2, 0.25) is 0 Å². The van der Waals surface area contributed by atoms with Gasteiger partial charge in [-0.1, -0.05) is 19.9 Å². The molecule has 3 aliphatic rings. The van der Waals surface area contributed by atoms with Gasteiger partial charge >= 0.3 is 0 Å². The van der Waals surface area contributed by atoms with Crippen molar-refractivity contribution in [2.24, 2.45) is 5.41 Å². The van der Waals surface area contributed by atoms with E-state index in [9.17, 15) is 4.79 Å². The third-order valence-electron chi connectivity index (χ3n) is 7.24. The highest BCUT2D eigenvalue weighted by molar-refractivity contribution is 6.03. The number of nitrogens with one attached hydrogen (secondary N) is 3. The van der Waals surface area contributed by atoms with E-state index in [-0.39, 0.29) is 17.4 Å². The van der Waals surface area contributed by atoms with Gasteiger partial charge in [-0.2, -0.15) is 5.26 Å². The summed E-state index contributed by atoms with van der Waals surface area (Å²) in [6, 6.07) is 7.24. The molecule has 0 radical (unpaired) electrons. The average molecular weight is 431 g/mol. The summed E-state index contributed by atoms with van der Waals surface area (Å²) in [6.45, 7) is 4.59. The first-order valence-electron chi connectivity index (χ1n) is 11.6. The van der Waals surface area contributed by atoms with Gasteiger partial charge in [0.15, 0.2) is 5.82 Å². The number of H-pyrrole nitrogens is 1. The molecule has 2 aromatic rings. The Morgan fingerprint density at radius 3 is 2.69 bits per heavy atom. The third-order valence-corrected chi connectivity index (χ3v) is 7.24. The minimum absolute atomic E-state index is 0.130. The monoisotopic (exact) mass is 430 g/mol. The number of pyridine rings is 1. The number of hydrogen-bond acceptors (Lipinski definition) is 5. The van der Waals surface area contributed by atoms with Gasteiger partial charge in [0.05, 0.1) is 17.6 Å². The second-order valence-electron chi connectivity index (χ2n) is 10.2. The quantitative estimate of drug-likeness (QED) is 0.661. The summed E-state index contributed by atoms with van der Waals surface area (Å²) < 4.78 is 0. The lowest BCUT2D eigenvalue weighted by atomic mass is 9.77. The molecular weight excluding hydrogens is 400 g/mol. The van der Waals surface area contributed by atoms with Crippen molar-refractivity contribution in [2.45, 2.75) is 76.8 Å². The number of allylic oxidation sites excluding steroid dienone is 2. The number of carbonyl (C=O) groups excluding carboxylic acids is 1. The molecule has 2 aliphatic heterocycles. The molecule has 4 heterocycles. The number of nitriles is 1. The van der Waals surface area contributed by atoms with Crippen LogP contribution in [-0.4, -0.2) is 32.9 Å². The zero-order valence-electron chi connectivity index (χ0n) is 18.7. The number of rotatable bonds is 4. The first kappa shape index (κ1) is 20.9. The van der Waals surface area contributed by atoms with Crippen molar-refractivity contribution >= 4 is 17.2 Å². The molecule has 2 saturated heterocycles. The van der Waals surface area contributed by atoms with Crippen molar-refractivity contribution in [3.05, 3.63) is 47.3 Å². The van der Waals surface area contributed by atoms with E-state index in [1.165, 1.54) is 24.6 Å². The fourth-order valence-electron chi connectivity index (χ4n) is 5.31. The van der Waals surface area contributed by atoms with Gasteiger partial charge in [-0.25, -0.2) is 4.98 Å². The van der Waals surface area contributed by atoms with Crippen LogP contribution in [0, 0.1) is 16.7 Å². The molecule has 2 aromatic heterocycles. The van der Waals surface area contributed by atoms with E-state index < -0.39 is 0 Å². The van der Waals surface area contributed by atoms with Crippen LogP contribution in [0.15, 0.2) is 24.4 Å². The largest absolute Gasteiger partial charge is 0.326 e. The van der Waals surface area contributed by atoms with Gasteiger partial charge in [0.25, 0.3) is 5.91 Å².